The molecule has 0 aromatic heterocycles. The fraction of sp³-hybridized carbons (Fsp3) is 0.827. The van der Waals surface area contributed by atoms with Crippen molar-refractivity contribution in [3.05, 3.63) is 29.8 Å². The number of nitrogens with one attached hydrogen (secondary N) is 5. The molecule has 23 nitrogen and oxygen atoms in total. The first-order valence-corrected chi connectivity index (χ1v) is 57.2. The first-order valence-electron chi connectivity index (χ1n) is 38.0. The third-order valence-corrected chi connectivity index (χ3v) is 52.8. The Bertz CT molecular complexity index is 3340. The zero-order valence-electron chi connectivity index (χ0n) is 71.5. The number of rotatable bonds is 18. The van der Waals surface area contributed by atoms with Gasteiger partial charge in [0.05, 0.1) is 42.0 Å². The highest BCUT2D eigenvalue weighted by atomic mass is 32.2. The van der Waals surface area contributed by atoms with Crippen LogP contribution in [0.2, 0.25) is 109 Å². The van der Waals surface area contributed by atoms with Crippen LogP contribution >= 0.6 is 0 Å². The van der Waals surface area contributed by atoms with Crippen LogP contribution in [0.15, 0.2) is 24.3 Å². The molecule has 0 bridgehead atoms. The van der Waals surface area contributed by atoms with E-state index in [2.05, 4.69) is 170 Å². The van der Waals surface area contributed by atoms with E-state index in [0.29, 0.717) is 5.75 Å². The maximum Gasteiger partial charge on any atom is 0.408 e. The zero-order valence-corrected chi connectivity index (χ0v) is 78.3. The molecular weight excluding hydrogens is 1460 g/mol. The Morgan fingerprint density at radius 1 is 0.533 bits per heavy atom. The first kappa shape index (κ1) is 93.5. The van der Waals surface area contributed by atoms with Crippen molar-refractivity contribution in [1.29, 1.82) is 0 Å². The van der Waals surface area contributed by atoms with Gasteiger partial charge in [0.1, 0.15) is 47.6 Å². The molecule has 30 heteroatoms. The van der Waals surface area contributed by atoms with E-state index in [4.69, 9.17) is 31.3 Å². The molecule has 1 aromatic carbocycles. The van der Waals surface area contributed by atoms with E-state index in [0.717, 1.165) is 5.56 Å². The average molecular weight is 1600 g/mol. The van der Waals surface area contributed by atoms with Gasteiger partial charge in [-0.1, -0.05) is 144 Å². The van der Waals surface area contributed by atoms with E-state index in [1.54, 1.807) is 34.6 Å². The monoisotopic (exact) mass is 1600 g/mol. The van der Waals surface area contributed by atoms with Crippen LogP contribution in [0.4, 0.5) is 4.79 Å². The molecular formula is C75H143N7O16SSi6. The molecule has 0 saturated carbocycles. The largest absolute Gasteiger partial charge is 0.544 e. The van der Waals surface area contributed by atoms with Crippen LogP contribution in [0.5, 0.6) is 5.75 Å². The summed E-state index contributed by atoms with van der Waals surface area (Å²) < 4.78 is 77.8. The third kappa shape index (κ3) is 24.3. The maximum absolute atomic E-state index is 16.8. The minimum absolute atomic E-state index is 0.0303. The Balaban J connectivity index is 2.27. The molecule has 0 spiro atoms. The molecule has 3 heterocycles. The number of benzene rings is 1. The average Bonchev–Trinajstić information content (AvgIpc) is 1.65. The van der Waals surface area contributed by atoms with Crippen molar-refractivity contribution in [2.45, 2.75) is 360 Å². The Hall–Kier alpha value is -3.84. The zero-order chi connectivity index (χ0) is 81.5. The normalized spacial score (nSPS) is 25.3. The number of carbonyl (C=O) groups excluding carboxylic acids is 7. The predicted molar refractivity (Wildman–Crippen MR) is 435 cm³/mol. The second kappa shape index (κ2) is 33.2. The van der Waals surface area contributed by atoms with Gasteiger partial charge in [-0.15, -0.1) is 0 Å². The summed E-state index contributed by atoms with van der Waals surface area (Å²) in [5, 5.41) is 12.4. The van der Waals surface area contributed by atoms with Gasteiger partial charge in [-0.3, -0.25) is 28.8 Å². The highest BCUT2D eigenvalue weighted by molar-refractivity contribution is 7.91. The van der Waals surface area contributed by atoms with Gasteiger partial charge in [-0.25, -0.2) is 13.2 Å². The summed E-state index contributed by atoms with van der Waals surface area (Å²) in [5.74, 6) is -6.49. The summed E-state index contributed by atoms with van der Waals surface area (Å²) >= 11 is 0. The van der Waals surface area contributed by atoms with Crippen molar-refractivity contribution in [2.75, 3.05) is 31.1 Å². The molecule has 7 amide bonds. The molecule has 105 heavy (non-hydrogen) atoms. The SMILES string of the molecule is C[C@@H]1CN2C(=O)[C@H]([C@@H](C)O[Si](C)(C)C(C)(C)C)NC(=O)C([C@H](Cc3ccc(O[Si](C)(C)C(C)(C)C)cc3)O[Si](C)(C)C(C)(C)C)NC(=O)[C@@H]3C[C@H](O[Si](C)(C)C(C)(C)C)CN3C(=O)[C@H]([C@@H](C)O[Si](C)(C)C(C)(C)C)NC(=O)C(NC(=O)OC(C)(C)C)CS(=O)(=O)CCNC(=O)[C@@H]2[C@@H]1O[Si](C)(C)C(C)(C)C. The van der Waals surface area contributed by atoms with Crippen LogP contribution in [-0.2, 0) is 71.9 Å². The lowest BCUT2D eigenvalue weighted by Crippen LogP contribution is -2.66. The van der Waals surface area contributed by atoms with E-state index < -0.39 is 213 Å². The number of ether oxygens (including phenoxy) is 1. The molecule has 2 unspecified atom stereocenters. The Kier molecular flexibility index (Phi) is 29.6. The summed E-state index contributed by atoms with van der Waals surface area (Å²) in [6, 6.07) is -1.89. The van der Waals surface area contributed by atoms with Gasteiger partial charge in [-0.2, -0.15) is 0 Å². The fourth-order valence-corrected chi connectivity index (χ4v) is 20.6. The van der Waals surface area contributed by atoms with Gasteiger partial charge in [0.25, 0.3) is 0 Å². The predicted octanol–water partition coefficient (Wildman–Crippen LogP) is 12.9. The summed E-state index contributed by atoms with van der Waals surface area (Å²) in [6.45, 7) is 71.4. The molecule has 5 N–H and O–H groups in total. The quantitative estimate of drug-likeness (QED) is 0.0854. The van der Waals surface area contributed by atoms with Crippen molar-refractivity contribution < 1.29 is 73.3 Å². The second-order valence-corrected chi connectivity index (χ2v) is 71.1. The summed E-state index contributed by atoms with van der Waals surface area (Å²) in [4.78, 5) is 114. The number of hydrogen-bond donors (Lipinski definition) is 5. The number of fused-ring (bicyclic) bond motifs is 2. The number of amides is 7. The van der Waals surface area contributed by atoms with Gasteiger partial charge in [0.2, 0.25) is 43.8 Å². The highest BCUT2D eigenvalue weighted by Gasteiger charge is 2.56. The molecule has 0 radical (unpaired) electrons. The lowest BCUT2D eigenvalue weighted by Gasteiger charge is -2.43. The van der Waals surface area contributed by atoms with Crippen molar-refractivity contribution in [3.63, 3.8) is 0 Å². The van der Waals surface area contributed by atoms with Crippen LogP contribution in [0.25, 0.3) is 0 Å². The molecule has 0 aliphatic carbocycles. The number of sulfone groups is 1. The minimum Gasteiger partial charge on any atom is -0.544 e. The van der Waals surface area contributed by atoms with Gasteiger partial charge < -0.3 is 67.7 Å². The van der Waals surface area contributed by atoms with E-state index in [-0.39, 0.29) is 41.0 Å². The molecule has 3 aliphatic heterocycles. The lowest BCUT2D eigenvalue weighted by atomic mass is 9.99. The van der Waals surface area contributed by atoms with E-state index in [1.165, 1.54) is 9.80 Å². The number of alkyl carbamates (subject to hydrolysis) is 1. The molecule has 4 rings (SSSR count). The number of carbonyl (C=O) groups is 7. The number of hydrogen-bond acceptors (Lipinski definition) is 16. The topological polar surface area (TPSA) is 285 Å². The van der Waals surface area contributed by atoms with Crippen LogP contribution < -0.4 is 31.0 Å². The summed E-state index contributed by atoms with van der Waals surface area (Å²) in [5.41, 5.74) is -0.372. The van der Waals surface area contributed by atoms with E-state index >= 15 is 28.8 Å². The highest BCUT2D eigenvalue weighted by Crippen LogP contribution is 2.45. The van der Waals surface area contributed by atoms with Crippen LogP contribution in [0.3, 0.4) is 0 Å². The molecule has 3 aliphatic rings. The number of nitrogens with zero attached hydrogens (tertiary/aromatic N) is 2. The van der Waals surface area contributed by atoms with Gasteiger partial charge in [-0.05, 0) is 168 Å². The molecule has 12 atom stereocenters. The molecule has 3 fully saturated rings. The smallest absolute Gasteiger partial charge is 0.408 e. The molecule has 3 saturated heterocycles. The Morgan fingerprint density at radius 2 is 0.952 bits per heavy atom. The molecule has 1 aromatic rings. The maximum atomic E-state index is 16.8. The van der Waals surface area contributed by atoms with Gasteiger partial charge >= 0.3 is 6.09 Å². The lowest BCUT2D eigenvalue weighted by molar-refractivity contribution is -0.146. The van der Waals surface area contributed by atoms with Crippen LogP contribution in [0, 0.1) is 5.92 Å². The fourth-order valence-electron chi connectivity index (χ4n) is 11.4. The van der Waals surface area contributed by atoms with E-state index in [1.807, 2.05) is 91.2 Å². The van der Waals surface area contributed by atoms with Crippen molar-refractivity contribution in [1.82, 2.24) is 36.4 Å². The van der Waals surface area contributed by atoms with Gasteiger partial charge in [0, 0.05) is 32.0 Å². The first-order chi connectivity index (χ1) is 46.8. The van der Waals surface area contributed by atoms with Crippen LogP contribution in [-0.4, -0.2) is 213 Å². The Labute approximate surface area is 639 Å². The summed E-state index contributed by atoms with van der Waals surface area (Å²) in [6.07, 6.45) is -6.26. The van der Waals surface area contributed by atoms with Crippen molar-refractivity contribution in [2.24, 2.45) is 5.92 Å². The second-order valence-electron chi connectivity index (χ2n) is 40.4. The van der Waals surface area contributed by atoms with Crippen molar-refractivity contribution in [3.8, 4) is 5.75 Å². The molecule has 604 valence electrons. The summed E-state index contributed by atoms with van der Waals surface area (Å²) in [7, 11) is -21.1. The van der Waals surface area contributed by atoms with Gasteiger partial charge in [0.15, 0.2) is 51.4 Å². The standard InChI is InChI=1S/C75H143N7O16SSi6/c1-48-45-82-60(61(48)98-105(35,36)75(22,23)24)65(86)76-41-42-99(90,91)47-54(77-68(89)92-69(4,5)6)62(83)78-57(49(2)93-100(25,26)70(7,8)9)66(87)81-46-53(96-103(31,32)73(16,17)18)44-55(81)63(84)80-59(64(85)79-58(67(82)88)50(3)94-101(27,28)71(10,11)12)56(97-104(33,34)74(19,20)21)43-51-37-39-52(40-38-51)95-102(29,30)72(13,14)15/h37-40,48-50,53-61H,41-47H2,1-36H3,(H,76,86)(H,77,89)(H,78,83)(H,79,85)(H,80,84)/t48-,49-,50-,53+,54?,55+,56+,57+,58+,59?,60+,61-/m1/s1. The Morgan fingerprint density at radius 3 is 1.40 bits per heavy atom. The van der Waals surface area contributed by atoms with E-state index in [9.17, 15) is 13.2 Å². The minimum atomic E-state index is -4.47. The van der Waals surface area contributed by atoms with Crippen LogP contribution in [0.1, 0.15) is 178 Å². The third-order valence-electron chi connectivity index (χ3n) is 24.1. The van der Waals surface area contributed by atoms with Crippen molar-refractivity contribution >= 4 is 101 Å².